The second-order valence-electron chi connectivity index (χ2n) is 8.24. The highest BCUT2D eigenvalue weighted by Gasteiger charge is 2.22. The summed E-state index contributed by atoms with van der Waals surface area (Å²) >= 11 is 1.52. The lowest BCUT2D eigenvalue weighted by molar-refractivity contribution is 0.0383. The number of nitrogens with zero attached hydrogens (tertiary/aromatic N) is 2. The van der Waals surface area contributed by atoms with E-state index in [0.717, 1.165) is 70.7 Å². The van der Waals surface area contributed by atoms with Gasteiger partial charge in [-0.2, -0.15) is 0 Å². The van der Waals surface area contributed by atoms with Crippen LogP contribution in [0.5, 0.6) is 5.75 Å². The molecule has 2 aromatic carbocycles. The van der Waals surface area contributed by atoms with Gasteiger partial charge in [0.1, 0.15) is 16.1 Å². The smallest absolute Gasteiger partial charge is 0.262 e. The van der Waals surface area contributed by atoms with Crippen molar-refractivity contribution in [3.63, 3.8) is 0 Å². The second kappa shape index (κ2) is 9.47. The minimum absolute atomic E-state index is 0.0453. The number of methoxy groups -OCH3 is 1. The molecule has 0 spiro atoms. The number of thiophene rings is 1. The van der Waals surface area contributed by atoms with Crippen molar-refractivity contribution in [3.05, 3.63) is 59.1 Å². The van der Waals surface area contributed by atoms with E-state index in [1.54, 1.807) is 7.11 Å². The Labute approximate surface area is 197 Å². The third-order valence-electron chi connectivity index (χ3n) is 6.10. The molecule has 1 saturated heterocycles. The molecule has 4 aromatic rings. The van der Waals surface area contributed by atoms with Gasteiger partial charge in [-0.3, -0.25) is 14.7 Å². The molecule has 0 radical (unpaired) electrons. The summed E-state index contributed by atoms with van der Waals surface area (Å²) in [5, 5.41) is 5.13. The number of amides is 1. The second-order valence-corrected chi connectivity index (χ2v) is 9.26. The molecular weight excluding hydrogens is 434 g/mol. The molecular formula is C26H27N3O3S. The Morgan fingerprint density at radius 3 is 2.70 bits per heavy atom. The van der Waals surface area contributed by atoms with Gasteiger partial charge in [0, 0.05) is 53.4 Å². The highest BCUT2D eigenvalue weighted by Crippen LogP contribution is 2.42. The SMILES string of the molecule is COc1cccc2c1ncc1c(-c3ccc(C)cc3)c(C(=O)NCCN3CCOCC3)sc12. The Balaban J connectivity index is 1.55. The molecule has 5 rings (SSSR count). The van der Waals surface area contributed by atoms with E-state index in [4.69, 9.17) is 14.5 Å². The molecule has 0 saturated carbocycles. The summed E-state index contributed by atoms with van der Waals surface area (Å²) in [5.74, 6) is 0.687. The van der Waals surface area contributed by atoms with Crippen molar-refractivity contribution in [2.24, 2.45) is 0 Å². The Hall–Kier alpha value is -3.00. The first kappa shape index (κ1) is 21.8. The van der Waals surface area contributed by atoms with E-state index in [1.165, 1.54) is 16.9 Å². The number of morpholine rings is 1. The molecule has 1 amide bonds. The average Bonchev–Trinajstić information content (AvgIpc) is 3.25. The van der Waals surface area contributed by atoms with Crippen LogP contribution >= 0.6 is 11.3 Å². The quantitative estimate of drug-likeness (QED) is 0.458. The van der Waals surface area contributed by atoms with Crippen LogP contribution in [0.25, 0.3) is 32.1 Å². The molecule has 0 bridgehead atoms. The number of hydrogen-bond donors (Lipinski definition) is 1. The van der Waals surface area contributed by atoms with Gasteiger partial charge in [0.2, 0.25) is 0 Å². The summed E-state index contributed by atoms with van der Waals surface area (Å²) in [4.78, 5) is 21.1. The first-order valence-electron chi connectivity index (χ1n) is 11.2. The van der Waals surface area contributed by atoms with Gasteiger partial charge < -0.3 is 14.8 Å². The number of hydrogen-bond acceptors (Lipinski definition) is 6. The maximum absolute atomic E-state index is 13.4. The van der Waals surface area contributed by atoms with E-state index in [-0.39, 0.29) is 5.91 Å². The predicted molar refractivity (Wildman–Crippen MR) is 133 cm³/mol. The summed E-state index contributed by atoms with van der Waals surface area (Å²) in [6.45, 7) is 6.82. The molecule has 0 aliphatic carbocycles. The fourth-order valence-corrected chi connectivity index (χ4v) is 5.54. The highest BCUT2D eigenvalue weighted by atomic mass is 32.1. The molecule has 1 fully saturated rings. The van der Waals surface area contributed by atoms with Crippen molar-refractivity contribution >= 4 is 38.2 Å². The lowest BCUT2D eigenvalue weighted by Crippen LogP contribution is -2.41. The monoisotopic (exact) mass is 461 g/mol. The Kier molecular flexibility index (Phi) is 6.26. The first-order valence-corrected chi connectivity index (χ1v) is 12.0. The number of carbonyl (C=O) groups excluding carboxylic acids is 1. The fourth-order valence-electron chi connectivity index (χ4n) is 4.30. The third-order valence-corrected chi connectivity index (χ3v) is 7.33. The number of aromatic nitrogens is 1. The zero-order valence-corrected chi connectivity index (χ0v) is 19.7. The van der Waals surface area contributed by atoms with E-state index in [9.17, 15) is 4.79 Å². The van der Waals surface area contributed by atoms with Crippen LogP contribution in [0.15, 0.2) is 48.7 Å². The molecule has 2 aromatic heterocycles. The summed E-state index contributed by atoms with van der Waals surface area (Å²) in [6.07, 6.45) is 1.87. The van der Waals surface area contributed by atoms with Crippen LogP contribution in [0.3, 0.4) is 0 Å². The summed E-state index contributed by atoms with van der Waals surface area (Å²) in [5.41, 5.74) is 3.96. The number of rotatable bonds is 6. The van der Waals surface area contributed by atoms with E-state index in [0.29, 0.717) is 11.4 Å². The van der Waals surface area contributed by atoms with E-state index < -0.39 is 0 Å². The van der Waals surface area contributed by atoms with Crippen LogP contribution in [0.4, 0.5) is 0 Å². The highest BCUT2D eigenvalue weighted by molar-refractivity contribution is 7.22. The number of nitrogens with one attached hydrogen (secondary N) is 1. The van der Waals surface area contributed by atoms with Crippen molar-refractivity contribution in [2.45, 2.75) is 6.92 Å². The third kappa shape index (κ3) is 4.31. The van der Waals surface area contributed by atoms with E-state index >= 15 is 0 Å². The Morgan fingerprint density at radius 1 is 1.15 bits per heavy atom. The van der Waals surface area contributed by atoms with Crippen LogP contribution in [-0.2, 0) is 4.74 Å². The summed E-state index contributed by atoms with van der Waals surface area (Å²) in [7, 11) is 1.65. The molecule has 3 heterocycles. The van der Waals surface area contributed by atoms with Gasteiger partial charge >= 0.3 is 0 Å². The minimum Gasteiger partial charge on any atom is -0.494 e. The summed E-state index contributed by atoms with van der Waals surface area (Å²) in [6, 6.07) is 14.2. The van der Waals surface area contributed by atoms with Gasteiger partial charge in [-0.15, -0.1) is 11.3 Å². The lowest BCUT2D eigenvalue weighted by atomic mass is 10.0. The number of carbonyl (C=O) groups is 1. The van der Waals surface area contributed by atoms with Crippen molar-refractivity contribution in [2.75, 3.05) is 46.5 Å². The van der Waals surface area contributed by atoms with Crippen LogP contribution in [0, 0.1) is 6.92 Å². The van der Waals surface area contributed by atoms with E-state index in [2.05, 4.69) is 41.4 Å². The van der Waals surface area contributed by atoms with Gasteiger partial charge in [0.15, 0.2) is 0 Å². The standard InChI is InChI=1S/C26H27N3O3S/c1-17-6-8-18(9-7-17)22-20-16-28-23-19(4-3-5-21(23)31-2)24(20)33-25(22)26(30)27-10-11-29-12-14-32-15-13-29/h3-9,16H,10-15H2,1-2H3,(H,27,30). The Morgan fingerprint density at radius 2 is 1.94 bits per heavy atom. The van der Waals surface area contributed by atoms with Crippen molar-refractivity contribution in [1.82, 2.24) is 15.2 Å². The molecule has 170 valence electrons. The maximum atomic E-state index is 13.4. The van der Waals surface area contributed by atoms with Gasteiger partial charge in [-0.1, -0.05) is 42.0 Å². The zero-order chi connectivity index (χ0) is 22.8. The lowest BCUT2D eigenvalue weighted by Gasteiger charge is -2.26. The molecule has 0 atom stereocenters. The number of ether oxygens (including phenoxy) is 2. The summed E-state index contributed by atoms with van der Waals surface area (Å²) < 4.78 is 12.0. The molecule has 1 aliphatic heterocycles. The first-order chi connectivity index (χ1) is 16.2. The molecule has 1 N–H and O–H groups in total. The molecule has 1 aliphatic rings. The largest absolute Gasteiger partial charge is 0.494 e. The normalized spacial score (nSPS) is 14.6. The zero-order valence-electron chi connectivity index (χ0n) is 18.9. The van der Waals surface area contributed by atoms with Crippen molar-refractivity contribution in [1.29, 1.82) is 0 Å². The molecule has 7 heteroatoms. The van der Waals surface area contributed by atoms with Gasteiger partial charge in [0.25, 0.3) is 5.91 Å². The molecule has 33 heavy (non-hydrogen) atoms. The maximum Gasteiger partial charge on any atom is 0.262 e. The van der Waals surface area contributed by atoms with Gasteiger partial charge in [-0.25, -0.2) is 0 Å². The predicted octanol–water partition coefficient (Wildman–Crippen LogP) is 4.50. The number of aryl methyl sites for hydroxylation is 1. The van der Waals surface area contributed by atoms with Crippen LogP contribution < -0.4 is 10.1 Å². The van der Waals surface area contributed by atoms with Crippen LogP contribution in [-0.4, -0.2) is 62.3 Å². The van der Waals surface area contributed by atoms with Crippen LogP contribution in [0.2, 0.25) is 0 Å². The molecule has 6 nitrogen and oxygen atoms in total. The van der Waals surface area contributed by atoms with Gasteiger partial charge in [0.05, 0.1) is 20.3 Å². The number of benzene rings is 2. The van der Waals surface area contributed by atoms with E-state index in [1.807, 2.05) is 24.4 Å². The number of para-hydroxylation sites is 1. The average molecular weight is 462 g/mol. The number of fused-ring (bicyclic) bond motifs is 3. The minimum atomic E-state index is -0.0453. The number of pyridine rings is 1. The fraction of sp³-hybridized carbons (Fsp3) is 0.308. The van der Waals surface area contributed by atoms with Crippen LogP contribution in [0.1, 0.15) is 15.2 Å². The molecule has 0 unspecified atom stereocenters. The van der Waals surface area contributed by atoms with Crippen molar-refractivity contribution < 1.29 is 14.3 Å². The Bertz CT molecular complexity index is 1290. The topological polar surface area (TPSA) is 63.7 Å². The van der Waals surface area contributed by atoms with Crippen molar-refractivity contribution in [3.8, 4) is 16.9 Å². The van der Waals surface area contributed by atoms with Gasteiger partial charge in [-0.05, 0) is 18.6 Å².